The molecule has 1 aromatic rings. The van der Waals surface area contributed by atoms with Gasteiger partial charge in [0.25, 0.3) is 0 Å². The van der Waals surface area contributed by atoms with E-state index in [4.69, 9.17) is 26.1 Å². The quantitative estimate of drug-likeness (QED) is 0.235. The van der Waals surface area contributed by atoms with Crippen molar-refractivity contribution in [2.24, 2.45) is 10.9 Å². The SMILES string of the molecule is CCNC(=NCCCOCC1CCOCC1)N(C)Cc1cccc(Cl)c1.I. The third-order valence-electron chi connectivity index (χ3n) is 4.41. The Balaban J connectivity index is 0.00000364. The molecule has 2 rings (SSSR count). The first-order valence-corrected chi connectivity index (χ1v) is 9.96. The van der Waals surface area contributed by atoms with E-state index in [-0.39, 0.29) is 24.0 Å². The second-order valence-corrected chi connectivity index (χ2v) is 7.14. The molecule has 0 atom stereocenters. The van der Waals surface area contributed by atoms with Crippen LogP contribution in [0.2, 0.25) is 5.02 Å². The summed E-state index contributed by atoms with van der Waals surface area (Å²) in [7, 11) is 2.05. The maximum atomic E-state index is 6.07. The minimum Gasteiger partial charge on any atom is -0.381 e. The predicted octanol–water partition coefficient (Wildman–Crippen LogP) is 4.19. The molecule has 154 valence electrons. The number of guanidine groups is 1. The first-order chi connectivity index (χ1) is 12.7. The van der Waals surface area contributed by atoms with Gasteiger partial charge in [0.05, 0.1) is 0 Å². The van der Waals surface area contributed by atoms with Gasteiger partial charge in [0.2, 0.25) is 0 Å². The van der Waals surface area contributed by atoms with Crippen LogP contribution in [0.1, 0.15) is 31.7 Å². The Labute approximate surface area is 185 Å². The standard InChI is InChI=1S/C20H32ClN3O2.HI/c1-3-22-20(24(2)15-18-6-4-7-19(21)14-18)23-10-5-11-26-16-17-8-12-25-13-9-17;/h4,6-7,14,17H,3,5,8-13,15-16H2,1-2H3,(H,22,23);1H. The van der Waals surface area contributed by atoms with E-state index in [0.29, 0.717) is 5.92 Å². The third kappa shape index (κ3) is 9.96. The van der Waals surface area contributed by atoms with Gasteiger partial charge in [0.15, 0.2) is 5.96 Å². The predicted molar refractivity (Wildman–Crippen MR) is 123 cm³/mol. The second kappa shape index (κ2) is 14.4. The lowest BCUT2D eigenvalue weighted by Gasteiger charge is -2.22. The van der Waals surface area contributed by atoms with Crippen LogP contribution in [0.4, 0.5) is 0 Å². The molecule has 1 aliphatic rings. The van der Waals surface area contributed by atoms with Crippen molar-refractivity contribution >= 4 is 41.5 Å². The van der Waals surface area contributed by atoms with Crippen LogP contribution in [0.5, 0.6) is 0 Å². The van der Waals surface area contributed by atoms with E-state index in [2.05, 4.69) is 23.2 Å². The zero-order chi connectivity index (χ0) is 18.6. The fourth-order valence-electron chi connectivity index (χ4n) is 2.97. The van der Waals surface area contributed by atoms with Gasteiger partial charge in [-0.25, -0.2) is 0 Å². The van der Waals surface area contributed by atoms with Gasteiger partial charge in [-0.05, 0) is 49.8 Å². The van der Waals surface area contributed by atoms with Crippen molar-refractivity contribution in [1.29, 1.82) is 0 Å². The van der Waals surface area contributed by atoms with Gasteiger partial charge in [-0.15, -0.1) is 24.0 Å². The van der Waals surface area contributed by atoms with Gasteiger partial charge in [0.1, 0.15) is 0 Å². The summed E-state index contributed by atoms with van der Waals surface area (Å²) >= 11 is 6.07. The summed E-state index contributed by atoms with van der Waals surface area (Å²) < 4.78 is 11.2. The Kier molecular flexibility index (Phi) is 13.1. The summed E-state index contributed by atoms with van der Waals surface area (Å²) in [5, 5.41) is 4.11. The van der Waals surface area contributed by atoms with Crippen LogP contribution in [0, 0.1) is 5.92 Å². The lowest BCUT2D eigenvalue weighted by atomic mass is 10.0. The minimum atomic E-state index is 0. The second-order valence-electron chi connectivity index (χ2n) is 6.71. The summed E-state index contributed by atoms with van der Waals surface area (Å²) in [6.07, 6.45) is 3.18. The monoisotopic (exact) mass is 509 g/mol. The highest BCUT2D eigenvalue weighted by molar-refractivity contribution is 14.0. The first-order valence-electron chi connectivity index (χ1n) is 9.58. The normalized spacial score (nSPS) is 15.3. The van der Waals surface area contributed by atoms with Crippen molar-refractivity contribution in [3.05, 3.63) is 34.9 Å². The van der Waals surface area contributed by atoms with Gasteiger partial charge in [-0.2, -0.15) is 0 Å². The average molecular weight is 510 g/mol. The highest BCUT2D eigenvalue weighted by atomic mass is 127. The summed E-state index contributed by atoms with van der Waals surface area (Å²) in [6, 6.07) is 7.94. The van der Waals surface area contributed by atoms with Crippen molar-refractivity contribution in [3.8, 4) is 0 Å². The smallest absolute Gasteiger partial charge is 0.193 e. The molecule has 0 aromatic heterocycles. The van der Waals surface area contributed by atoms with Crippen molar-refractivity contribution in [3.63, 3.8) is 0 Å². The van der Waals surface area contributed by atoms with E-state index in [1.165, 1.54) is 5.56 Å². The number of hydrogen-bond acceptors (Lipinski definition) is 3. The number of benzene rings is 1. The molecular formula is C20H33ClIN3O2. The molecule has 1 fully saturated rings. The topological polar surface area (TPSA) is 46.1 Å². The number of rotatable bonds is 9. The summed E-state index contributed by atoms with van der Waals surface area (Å²) in [4.78, 5) is 6.84. The van der Waals surface area contributed by atoms with Crippen LogP contribution in [0.25, 0.3) is 0 Å². The van der Waals surface area contributed by atoms with Crippen LogP contribution in [-0.2, 0) is 16.0 Å². The van der Waals surface area contributed by atoms with Crippen LogP contribution >= 0.6 is 35.6 Å². The molecule has 1 aromatic carbocycles. The Hall–Kier alpha value is -0.570. The Morgan fingerprint density at radius 3 is 2.85 bits per heavy atom. The molecule has 0 unspecified atom stereocenters. The number of halogens is 2. The van der Waals surface area contributed by atoms with E-state index >= 15 is 0 Å². The van der Waals surface area contributed by atoms with E-state index < -0.39 is 0 Å². The summed E-state index contributed by atoms with van der Waals surface area (Å²) in [6.45, 7) is 7.83. The third-order valence-corrected chi connectivity index (χ3v) is 4.64. The molecule has 1 aliphatic heterocycles. The van der Waals surface area contributed by atoms with Crippen LogP contribution < -0.4 is 5.32 Å². The van der Waals surface area contributed by atoms with Crippen molar-refractivity contribution in [2.75, 3.05) is 46.6 Å². The zero-order valence-corrected chi connectivity index (χ0v) is 19.5. The maximum Gasteiger partial charge on any atom is 0.193 e. The van der Waals surface area contributed by atoms with E-state index in [1.54, 1.807) is 0 Å². The number of nitrogens with one attached hydrogen (secondary N) is 1. The fourth-order valence-corrected chi connectivity index (χ4v) is 3.18. The highest BCUT2D eigenvalue weighted by Gasteiger charge is 2.13. The Morgan fingerprint density at radius 2 is 2.15 bits per heavy atom. The number of hydrogen-bond donors (Lipinski definition) is 1. The first kappa shape index (κ1) is 24.5. The molecule has 27 heavy (non-hydrogen) atoms. The van der Waals surface area contributed by atoms with Gasteiger partial charge in [-0.3, -0.25) is 4.99 Å². The average Bonchev–Trinajstić information content (AvgIpc) is 2.64. The van der Waals surface area contributed by atoms with E-state index in [0.717, 1.165) is 76.3 Å². The van der Waals surface area contributed by atoms with Gasteiger partial charge in [0, 0.05) is 58.1 Å². The molecule has 1 saturated heterocycles. The lowest BCUT2D eigenvalue weighted by Crippen LogP contribution is -2.38. The fraction of sp³-hybridized carbons (Fsp3) is 0.650. The number of nitrogens with zero attached hydrogens (tertiary/aromatic N) is 2. The molecule has 0 spiro atoms. The summed E-state index contributed by atoms with van der Waals surface area (Å²) in [5.74, 6) is 1.57. The maximum absolute atomic E-state index is 6.07. The van der Waals surface area contributed by atoms with Gasteiger partial charge >= 0.3 is 0 Å². The highest BCUT2D eigenvalue weighted by Crippen LogP contribution is 2.15. The van der Waals surface area contributed by atoms with Gasteiger partial charge in [-0.1, -0.05) is 23.7 Å². The molecule has 0 saturated carbocycles. The van der Waals surface area contributed by atoms with Crippen molar-refractivity contribution in [2.45, 2.75) is 32.7 Å². The van der Waals surface area contributed by atoms with E-state index in [9.17, 15) is 0 Å². The van der Waals surface area contributed by atoms with E-state index in [1.807, 2.05) is 25.2 Å². The molecule has 1 heterocycles. The molecule has 0 bridgehead atoms. The largest absolute Gasteiger partial charge is 0.381 e. The number of ether oxygens (including phenoxy) is 2. The van der Waals surface area contributed by atoms with Crippen LogP contribution in [0.15, 0.2) is 29.3 Å². The molecular weight excluding hydrogens is 477 g/mol. The number of aliphatic imine (C=N–C) groups is 1. The van der Waals surface area contributed by atoms with Crippen molar-refractivity contribution in [1.82, 2.24) is 10.2 Å². The van der Waals surface area contributed by atoms with Crippen LogP contribution in [-0.4, -0.2) is 57.4 Å². The molecule has 5 nitrogen and oxygen atoms in total. The minimum absolute atomic E-state index is 0. The van der Waals surface area contributed by atoms with Crippen LogP contribution in [0.3, 0.4) is 0 Å². The molecule has 0 radical (unpaired) electrons. The summed E-state index contributed by atoms with van der Waals surface area (Å²) in [5.41, 5.74) is 1.17. The zero-order valence-electron chi connectivity index (χ0n) is 16.5. The molecule has 7 heteroatoms. The van der Waals surface area contributed by atoms with Crippen molar-refractivity contribution < 1.29 is 9.47 Å². The lowest BCUT2D eigenvalue weighted by molar-refractivity contribution is 0.0205. The molecule has 0 amide bonds. The Morgan fingerprint density at radius 1 is 1.37 bits per heavy atom. The van der Waals surface area contributed by atoms with Gasteiger partial charge < -0.3 is 19.7 Å². The molecule has 1 N–H and O–H groups in total. The Bertz CT molecular complexity index is 554. The molecule has 0 aliphatic carbocycles.